The van der Waals surface area contributed by atoms with Gasteiger partial charge in [0.05, 0.1) is 17.6 Å². The van der Waals surface area contributed by atoms with Crippen molar-refractivity contribution < 1.29 is 9.59 Å². The number of likely N-dealkylation sites (tertiary alicyclic amines) is 1. The summed E-state index contributed by atoms with van der Waals surface area (Å²) in [6, 6.07) is 2.08. The number of hydrogen-bond donors (Lipinski definition) is 1. The summed E-state index contributed by atoms with van der Waals surface area (Å²) < 4.78 is 0. The zero-order valence-corrected chi connectivity index (χ0v) is 9.50. The summed E-state index contributed by atoms with van der Waals surface area (Å²) in [6.07, 6.45) is 1.34. The van der Waals surface area contributed by atoms with E-state index in [2.05, 4.69) is 5.32 Å². The molecule has 0 saturated carbocycles. The van der Waals surface area contributed by atoms with Gasteiger partial charge in [0.25, 0.3) is 5.91 Å². The van der Waals surface area contributed by atoms with Gasteiger partial charge in [-0.2, -0.15) is 11.3 Å². The lowest BCUT2D eigenvalue weighted by molar-refractivity contribution is -0.119. The monoisotopic (exact) mass is 236 g/mol. The average molecular weight is 236 g/mol. The Balaban J connectivity index is 1.81. The Morgan fingerprint density at radius 3 is 3.19 bits per heavy atom. The van der Waals surface area contributed by atoms with Gasteiger partial charge in [0.1, 0.15) is 0 Å². The first kappa shape index (κ1) is 9.84. The molecule has 1 N–H and O–H groups in total. The van der Waals surface area contributed by atoms with Crippen molar-refractivity contribution in [3.63, 3.8) is 0 Å². The lowest BCUT2D eigenvalue weighted by atomic mass is 10.1. The second-order valence-corrected chi connectivity index (χ2v) is 5.02. The molecule has 2 amide bonds. The molecule has 0 aromatic carbocycles. The molecule has 2 atom stereocenters. The number of carbonyl (C=O) groups excluding carboxylic acids is 2. The fourth-order valence-electron chi connectivity index (χ4n) is 2.53. The fourth-order valence-corrected chi connectivity index (χ4v) is 3.16. The second-order valence-electron chi connectivity index (χ2n) is 4.24. The van der Waals surface area contributed by atoms with E-state index in [-0.39, 0.29) is 23.9 Å². The normalized spacial score (nSPS) is 28.0. The van der Waals surface area contributed by atoms with E-state index >= 15 is 0 Å². The molecule has 0 radical (unpaired) electrons. The summed E-state index contributed by atoms with van der Waals surface area (Å²) in [5, 5.41) is 6.68. The first-order valence-corrected chi connectivity index (χ1v) is 6.32. The van der Waals surface area contributed by atoms with Gasteiger partial charge in [-0.25, -0.2) is 0 Å². The standard InChI is InChI=1S/C11H12N2O2S/c14-10-5-9-8(12-10)1-3-13(9)11(15)7-2-4-16-6-7/h2,4,6,8-9H,1,3,5H2,(H,12,14)/t8-,9-/m1/s1. The van der Waals surface area contributed by atoms with Crippen LogP contribution in [0.1, 0.15) is 23.2 Å². The van der Waals surface area contributed by atoms with Gasteiger partial charge in [0.15, 0.2) is 0 Å². The van der Waals surface area contributed by atoms with Crippen molar-refractivity contribution in [2.75, 3.05) is 6.54 Å². The van der Waals surface area contributed by atoms with Crippen LogP contribution in [0.2, 0.25) is 0 Å². The molecule has 1 aromatic rings. The molecule has 0 spiro atoms. The van der Waals surface area contributed by atoms with Crippen LogP contribution in [0.25, 0.3) is 0 Å². The van der Waals surface area contributed by atoms with Gasteiger partial charge >= 0.3 is 0 Å². The first-order chi connectivity index (χ1) is 7.75. The van der Waals surface area contributed by atoms with Gasteiger partial charge < -0.3 is 10.2 Å². The van der Waals surface area contributed by atoms with Gasteiger partial charge in [0.2, 0.25) is 5.91 Å². The van der Waals surface area contributed by atoms with E-state index in [1.165, 1.54) is 11.3 Å². The predicted octanol–water partition coefficient (Wildman–Crippen LogP) is 0.851. The Bertz CT molecular complexity index is 429. The number of carbonyl (C=O) groups is 2. The van der Waals surface area contributed by atoms with Crippen LogP contribution in [0.15, 0.2) is 16.8 Å². The summed E-state index contributed by atoms with van der Waals surface area (Å²) in [5.74, 6) is 0.128. The number of rotatable bonds is 1. The maximum Gasteiger partial charge on any atom is 0.255 e. The van der Waals surface area contributed by atoms with Crippen molar-refractivity contribution in [2.24, 2.45) is 0 Å². The average Bonchev–Trinajstić information content (AvgIpc) is 2.90. The quantitative estimate of drug-likeness (QED) is 0.786. The second kappa shape index (κ2) is 3.59. The largest absolute Gasteiger partial charge is 0.351 e. The highest BCUT2D eigenvalue weighted by atomic mass is 32.1. The molecule has 84 valence electrons. The molecule has 0 bridgehead atoms. The van der Waals surface area contributed by atoms with Crippen LogP contribution in [-0.4, -0.2) is 35.3 Å². The Hall–Kier alpha value is -1.36. The zero-order valence-electron chi connectivity index (χ0n) is 8.68. The predicted molar refractivity (Wildman–Crippen MR) is 60.3 cm³/mol. The lowest BCUT2D eigenvalue weighted by Crippen LogP contribution is -2.38. The van der Waals surface area contributed by atoms with E-state index in [0.717, 1.165) is 18.5 Å². The minimum absolute atomic E-state index is 0.0604. The van der Waals surface area contributed by atoms with Crippen molar-refractivity contribution in [3.8, 4) is 0 Å². The smallest absolute Gasteiger partial charge is 0.255 e. The number of fused-ring (bicyclic) bond motifs is 1. The molecule has 2 fully saturated rings. The van der Waals surface area contributed by atoms with E-state index in [1.807, 2.05) is 21.7 Å². The Kier molecular flexibility index (Phi) is 2.21. The minimum atomic E-state index is 0.0604. The van der Waals surface area contributed by atoms with Gasteiger partial charge in [-0.05, 0) is 17.9 Å². The summed E-state index contributed by atoms with van der Waals surface area (Å²) in [7, 11) is 0. The molecular formula is C11H12N2O2S. The maximum atomic E-state index is 12.2. The highest BCUT2D eigenvalue weighted by Crippen LogP contribution is 2.27. The molecule has 2 aliphatic rings. The van der Waals surface area contributed by atoms with Crippen molar-refractivity contribution in [3.05, 3.63) is 22.4 Å². The molecule has 1 aromatic heterocycles. The molecule has 3 rings (SSSR count). The Morgan fingerprint density at radius 2 is 2.44 bits per heavy atom. The van der Waals surface area contributed by atoms with Gasteiger partial charge in [-0.3, -0.25) is 9.59 Å². The van der Waals surface area contributed by atoms with Crippen molar-refractivity contribution in [1.82, 2.24) is 10.2 Å². The third kappa shape index (κ3) is 1.43. The van der Waals surface area contributed by atoms with Crippen LogP contribution in [0.5, 0.6) is 0 Å². The molecule has 2 saturated heterocycles. The summed E-state index contributed by atoms with van der Waals surface area (Å²) >= 11 is 1.52. The van der Waals surface area contributed by atoms with Crippen molar-refractivity contribution in [2.45, 2.75) is 24.9 Å². The Morgan fingerprint density at radius 1 is 1.56 bits per heavy atom. The number of amides is 2. The highest BCUT2D eigenvalue weighted by Gasteiger charge is 2.43. The van der Waals surface area contributed by atoms with E-state index in [9.17, 15) is 9.59 Å². The molecule has 5 heteroatoms. The van der Waals surface area contributed by atoms with E-state index in [4.69, 9.17) is 0 Å². The number of nitrogens with one attached hydrogen (secondary N) is 1. The molecule has 16 heavy (non-hydrogen) atoms. The van der Waals surface area contributed by atoms with Gasteiger partial charge in [0, 0.05) is 18.3 Å². The first-order valence-electron chi connectivity index (χ1n) is 5.38. The fraction of sp³-hybridized carbons (Fsp3) is 0.455. The van der Waals surface area contributed by atoms with Crippen molar-refractivity contribution >= 4 is 23.2 Å². The molecule has 0 unspecified atom stereocenters. The molecular weight excluding hydrogens is 224 g/mol. The van der Waals surface area contributed by atoms with Crippen LogP contribution in [-0.2, 0) is 4.79 Å². The van der Waals surface area contributed by atoms with Gasteiger partial charge in [-0.1, -0.05) is 0 Å². The maximum absolute atomic E-state index is 12.2. The van der Waals surface area contributed by atoms with E-state index < -0.39 is 0 Å². The zero-order chi connectivity index (χ0) is 11.1. The SMILES string of the molecule is O=C1C[C@@H]2[C@@H](CCN2C(=O)c2ccsc2)N1. The Labute approximate surface area is 97.2 Å². The number of hydrogen-bond acceptors (Lipinski definition) is 3. The molecule has 3 heterocycles. The highest BCUT2D eigenvalue weighted by molar-refractivity contribution is 7.08. The molecule has 0 aliphatic carbocycles. The van der Waals surface area contributed by atoms with Crippen LogP contribution in [0.3, 0.4) is 0 Å². The van der Waals surface area contributed by atoms with Crippen LogP contribution in [0.4, 0.5) is 0 Å². The summed E-state index contributed by atoms with van der Waals surface area (Å²) in [6.45, 7) is 0.754. The summed E-state index contributed by atoms with van der Waals surface area (Å²) in [4.78, 5) is 25.3. The lowest BCUT2D eigenvalue weighted by Gasteiger charge is -2.21. The topological polar surface area (TPSA) is 49.4 Å². The summed E-state index contributed by atoms with van der Waals surface area (Å²) in [5.41, 5.74) is 0.741. The van der Waals surface area contributed by atoms with E-state index in [0.29, 0.717) is 6.42 Å². The van der Waals surface area contributed by atoms with E-state index in [1.54, 1.807) is 0 Å². The van der Waals surface area contributed by atoms with Crippen LogP contribution >= 0.6 is 11.3 Å². The third-order valence-electron chi connectivity index (χ3n) is 3.32. The van der Waals surface area contributed by atoms with Gasteiger partial charge in [-0.15, -0.1) is 0 Å². The molecule has 2 aliphatic heterocycles. The van der Waals surface area contributed by atoms with Crippen LogP contribution in [0, 0.1) is 0 Å². The number of thiophene rings is 1. The van der Waals surface area contributed by atoms with Crippen LogP contribution < -0.4 is 5.32 Å². The van der Waals surface area contributed by atoms with Crippen molar-refractivity contribution in [1.29, 1.82) is 0 Å². The number of nitrogens with zero attached hydrogens (tertiary/aromatic N) is 1. The third-order valence-corrected chi connectivity index (χ3v) is 4.00. The molecule has 4 nitrogen and oxygen atoms in total. The minimum Gasteiger partial charge on any atom is -0.351 e.